The van der Waals surface area contributed by atoms with Gasteiger partial charge in [0.05, 0.1) is 11.3 Å². The van der Waals surface area contributed by atoms with Crippen molar-refractivity contribution in [3.05, 3.63) is 48.2 Å². The van der Waals surface area contributed by atoms with E-state index in [-0.39, 0.29) is 12.4 Å². The average Bonchev–Trinajstić information content (AvgIpc) is 2.95. The van der Waals surface area contributed by atoms with Gasteiger partial charge in [-0.1, -0.05) is 0 Å². The predicted octanol–water partition coefficient (Wildman–Crippen LogP) is 2.35. The highest BCUT2D eigenvalue weighted by Crippen LogP contribution is 2.29. The molecule has 0 amide bonds. The van der Waals surface area contributed by atoms with E-state index in [0.29, 0.717) is 17.2 Å². The third-order valence-electron chi connectivity index (χ3n) is 2.97. The van der Waals surface area contributed by atoms with E-state index in [1.165, 1.54) is 6.07 Å². The molecule has 0 saturated carbocycles. The van der Waals surface area contributed by atoms with Gasteiger partial charge < -0.3 is 15.5 Å². The predicted molar refractivity (Wildman–Crippen MR) is 73.4 cm³/mol. The smallest absolute Gasteiger partial charge is 0.325 e. The molecule has 22 heavy (non-hydrogen) atoms. The molecule has 0 aliphatic carbocycles. The minimum atomic E-state index is -4.42. The first-order chi connectivity index (χ1) is 10.5. The van der Waals surface area contributed by atoms with Crippen molar-refractivity contribution in [1.82, 2.24) is 19.4 Å². The average molecular weight is 308 g/mol. The molecule has 114 valence electrons. The number of halogens is 3. The van der Waals surface area contributed by atoms with Gasteiger partial charge in [0.25, 0.3) is 0 Å². The normalized spacial score (nSPS) is 11.8. The topological polar surface area (TPSA) is 81.1 Å². The molecule has 0 fully saturated rings. The molecule has 3 rings (SSSR count). The van der Waals surface area contributed by atoms with Crippen LogP contribution in [0.15, 0.2) is 36.9 Å². The quantitative estimate of drug-likeness (QED) is 0.776. The highest BCUT2D eigenvalue weighted by atomic mass is 19.4. The first kappa shape index (κ1) is 14.3. The Hall–Kier alpha value is -2.68. The van der Waals surface area contributed by atoms with E-state index in [4.69, 9.17) is 5.73 Å². The Morgan fingerprint density at radius 1 is 1.23 bits per heavy atom. The molecule has 0 spiro atoms. The Labute approximate surface area is 122 Å². The van der Waals surface area contributed by atoms with Crippen LogP contribution in [0, 0.1) is 0 Å². The van der Waals surface area contributed by atoms with Gasteiger partial charge in [0, 0.05) is 31.3 Å². The Balaban J connectivity index is 1.94. The third kappa shape index (κ3) is 2.70. The second-order valence-electron chi connectivity index (χ2n) is 4.50. The van der Waals surface area contributed by atoms with Crippen molar-refractivity contribution in [2.75, 3.05) is 5.32 Å². The summed E-state index contributed by atoms with van der Waals surface area (Å²) in [6.45, 7) is 0.225. The summed E-state index contributed by atoms with van der Waals surface area (Å²) < 4.78 is 39.3. The third-order valence-corrected chi connectivity index (χ3v) is 2.97. The molecule has 9 heteroatoms. The van der Waals surface area contributed by atoms with Crippen molar-refractivity contribution >= 4 is 17.3 Å². The number of hydrogen-bond acceptors (Lipinski definition) is 5. The molecule has 0 aromatic carbocycles. The first-order valence-corrected chi connectivity index (χ1v) is 6.30. The van der Waals surface area contributed by atoms with Crippen LogP contribution >= 0.6 is 0 Å². The number of nitrogens with zero attached hydrogens (tertiary/aromatic N) is 4. The zero-order valence-electron chi connectivity index (χ0n) is 11.2. The van der Waals surface area contributed by atoms with E-state index in [0.717, 1.165) is 12.3 Å². The van der Waals surface area contributed by atoms with Crippen molar-refractivity contribution < 1.29 is 13.2 Å². The Kier molecular flexibility index (Phi) is 3.41. The molecule has 0 unspecified atom stereocenters. The van der Waals surface area contributed by atoms with Gasteiger partial charge in [0.15, 0.2) is 11.5 Å². The molecule has 0 aliphatic heterocycles. The summed E-state index contributed by atoms with van der Waals surface area (Å²) in [6.07, 6.45) is 1.38. The van der Waals surface area contributed by atoms with E-state index in [1.807, 2.05) is 0 Å². The van der Waals surface area contributed by atoms with Crippen LogP contribution < -0.4 is 11.1 Å². The van der Waals surface area contributed by atoms with Crippen LogP contribution in [-0.4, -0.2) is 19.4 Å². The van der Waals surface area contributed by atoms with Crippen LogP contribution in [0.5, 0.6) is 0 Å². The monoisotopic (exact) mass is 308 g/mol. The van der Waals surface area contributed by atoms with E-state index in [9.17, 15) is 13.2 Å². The maximum absolute atomic E-state index is 12.5. The lowest BCUT2D eigenvalue weighted by Crippen LogP contribution is -2.08. The van der Waals surface area contributed by atoms with Crippen molar-refractivity contribution in [3.8, 4) is 0 Å². The molecular formula is C13H11F3N6. The first-order valence-electron chi connectivity index (χ1n) is 6.30. The number of rotatable bonds is 3. The zero-order chi connectivity index (χ0) is 15.7. The molecule has 3 aromatic heterocycles. The standard InChI is InChI=1S/C13H11F3N6/c14-13(15,16)8-1-2-10(19-6-8)21-11-12-18-3-4-22(12)7-9(5-17)20-11/h1-4,6-7H,5,17H2,(H,19,20,21). The number of fused-ring (bicyclic) bond motifs is 1. The van der Waals surface area contributed by atoms with Crippen LogP contribution in [0.2, 0.25) is 0 Å². The zero-order valence-corrected chi connectivity index (χ0v) is 11.2. The summed E-state index contributed by atoms with van der Waals surface area (Å²) >= 11 is 0. The van der Waals surface area contributed by atoms with Gasteiger partial charge in [-0.05, 0) is 12.1 Å². The maximum Gasteiger partial charge on any atom is 0.417 e. The van der Waals surface area contributed by atoms with Crippen molar-refractivity contribution in [2.24, 2.45) is 5.73 Å². The molecule has 0 bridgehead atoms. The Bertz CT molecular complexity index is 794. The molecule has 3 aromatic rings. The number of aromatic nitrogens is 4. The highest BCUT2D eigenvalue weighted by molar-refractivity contribution is 5.68. The van der Waals surface area contributed by atoms with Crippen LogP contribution in [0.3, 0.4) is 0 Å². The molecule has 3 heterocycles. The summed E-state index contributed by atoms with van der Waals surface area (Å²) in [5.41, 5.74) is 5.90. The summed E-state index contributed by atoms with van der Waals surface area (Å²) in [5.74, 6) is 0.611. The summed E-state index contributed by atoms with van der Waals surface area (Å²) in [5, 5.41) is 2.86. The van der Waals surface area contributed by atoms with E-state index in [1.54, 1.807) is 23.0 Å². The van der Waals surface area contributed by atoms with Crippen LogP contribution in [0.25, 0.3) is 5.65 Å². The summed E-state index contributed by atoms with van der Waals surface area (Å²) in [4.78, 5) is 12.2. The molecular weight excluding hydrogens is 297 g/mol. The second kappa shape index (κ2) is 5.26. The number of nitrogens with one attached hydrogen (secondary N) is 1. The second-order valence-corrected chi connectivity index (χ2v) is 4.50. The summed E-state index contributed by atoms with van der Waals surface area (Å²) in [7, 11) is 0. The Morgan fingerprint density at radius 2 is 2.05 bits per heavy atom. The van der Waals surface area contributed by atoms with Crippen LogP contribution in [0.4, 0.5) is 24.8 Å². The van der Waals surface area contributed by atoms with Gasteiger partial charge in [0.1, 0.15) is 5.82 Å². The van der Waals surface area contributed by atoms with Gasteiger partial charge in [-0.15, -0.1) is 0 Å². The molecule has 0 aliphatic rings. The van der Waals surface area contributed by atoms with Crippen LogP contribution in [0.1, 0.15) is 11.3 Å². The number of anilines is 2. The van der Waals surface area contributed by atoms with E-state index < -0.39 is 11.7 Å². The number of alkyl halides is 3. The minimum absolute atomic E-state index is 0.225. The number of pyridine rings is 1. The van der Waals surface area contributed by atoms with Gasteiger partial charge in [-0.3, -0.25) is 0 Å². The number of hydrogen-bond donors (Lipinski definition) is 2. The fraction of sp³-hybridized carbons (Fsp3) is 0.154. The molecule has 6 nitrogen and oxygen atoms in total. The number of nitrogens with two attached hydrogens (primary N) is 1. The summed E-state index contributed by atoms with van der Waals surface area (Å²) in [6, 6.07) is 2.18. The van der Waals surface area contributed by atoms with E-state index >= 15 is 0 Å². The lowest BCUT2D eigenvalue weighted by Gasteiger charge is -2.10. The number of imidazole rings is 1. The SMILES string of the molecule is NCc1cn2ccnc2c(Nc2ccc(C(F)(F)F)cn2)n1. The van der Waals surface area contributed by atoms with Crippen molar-refractivity contribution in [1.29, 1.82) is 0 Å². The minimum Gasteiger partial charge on any atom is -0.325 e. The lowest BCUT2D eigenvalue weighted by atomic mass is 10.3. The van der Waals surface area contributed by atoms with Crippen molar-refractivity contribution in [3.63, 3.8) is 0 Å². The van der Waals surface area contributed by atoms with Crippen molar-refractivity contribution in [2.45, 2.75) is 12.7 Å². The molecule has 0 saturated heterocycles. The van der Waals surface area contributed by atoms with E-state index in [2.05, 4.69) is 20.3 Å². The van der Waals surface area contributed by atoms with Gasteiger partial charge in [0.2, 0.25) is 0 Å². The molecule has 0 atom stereocenters. The van der Waals surface area contributed by atoms with Gasteiger partial charge >= 0.3 is 6.18 Å². The van der Waals surface area contributed by atoms with Gasteiger partial charge in [-0.25, -0.2) is 15.0 Å². The lowest BCUT2D eigenvalue weighted by molar-refractivity contribution is -0.137. The largest absolute Gasteiger partial charge is 0.417 e. The van der Waals surface area contributed by atoms with Gasteiger partial charge in [-0.2, -0.15) is 13.2 Å². The fourth-order valence-electron chi connectivity index (χ4n) is 1.92. The maximum atomic E-state index is 12.5. The fourth-order valence-corrected chi connectivity index (χ4v) is 1.92. The highest BCUT2D eigenvalue weighted by Gasteiger charge is 2.30. The van der Waals surface area contributed by atoms with Crippen LogP contribution in [-0.2, 0) is 12.7 Å². The molecule has 0 radical (unpaired) electrons. The Morgan fingerprint density at radius 3 is 2.68 bits per heavy atom. The molecule has 3 N–H and O–H groups in total.